The normalized spacial score (nSPS) is 14.2. The van der Waals surface area contributed by atoms with Gasteiger partial charge in [-0.15, -0.1) is 0 Å². The van der Waals surface area contributed by atoms with E-state index in [1.807, 2.05) is 0 Å². The largest absolute Gasteiger partial charge is 0.382 e. The molecule has 0 bridgehead atoms. The second kappa shape index (κ2) is 9.32. The zero-order valence-corrected chi connectivity index (χ0v) is 13.3. The first kappa shape index (κ1) is 17.4. The van der Waals surface area contributed by atoms with Crippen molar-refractivity contribution in [2.75, 3.05) is 13.7 Å². The zero-order valence-electron chi connectivity index (χ0n) is 12.6. The average molecular weight is 302 g/mol. The van der Waals surface area contributed by atoms with E-state index in [0.29, 0.717) is 17.0 Å². The molecule has 0 fully saturated rings. The third kappa shape index (κ3) is 6.21. The van der Waals surface area contributed by atoms with Gasteiger partial charge in [0.1, 0.15) is 5.82 Å². The molecule has 0 heterocycles. The average Bonchev–Trinajstić information content (AvgIpc) is 2.45. The van der Waals surface area contributed by atoms with Gasteiger partial charge in [-0.05, 0) is 62.9 Å². The predicted octanol–water partition coefficient (Wildman–Crippen LogP) is 4.20. The molecule has 114 valence electrons. The third-order valence-corrected chi connectivity index (χ3v) is 3.72. The predicted molar refractivity (Wildman–Crippen MR) is 82.9 cm³/mol. The number of hydrogen-bond donors (Lipinski definition) is 1. The molecule has 2 unspecified atom stereocenters. The van der Waals surface area contributed by atoms with Crippen LogP contribution in [-0.4, -0.2) is 25.8 Å². The molecule has 0 aromatic heterocycles. The van der Waals surface area contributed by atoms with Crippen LogP contribution in [0.25, 0.3) is 0 Å². The molecule has 0 radical (unpaired) electrons. The first-order chi connectivity index (χ1) is 9.56. The monoisotopic (exact) mass is 301 g/mol. The quantitative estimate of drug-likeness (QED) is 0.738. The summed E-state index contributed by atoms with van der Waals surface area (Å²) in [7, 11) is 1.72. The molecule has 2 nitrogen and oxygen atoms in total. The molecule has 1 aromatic rings. The minimum atomic E-state index is -0.183. The van der Waals surface area contributed by atoms with E-state index in [1.165, 1.54) is 6.07 Å². The first-order valence-electron chi connectivity index (χ1n) is 7.26. The van der Waals surface area contributed by atoms with Crippen molar-refractivity contribution in [2.24, 2.45) is 0 Å². The standard InChI is InChI=1S/C16H25ClFNO/c1-4-9-19-15(7-5-12(2)20-3)11-13-10-14(17)6-8-16(13)18/h6,8,10,12,15,19H,4-5,7,9,11H2,1-3H3. The molecule has 0 aliphatic heterocycles. The minimum Gasteiger partial charge on any atom is -0.382 e. The summed E-state index contributed by atoms with van der Waals surface area (Å²) in [4.78, 5) is 0. The fourth-order valence-electron chi connectivity index (χ4n) is 2.14. The van der Waals surface area contributed by atoms with Crippen LogP contribution in [0.2, 0.25) is 5.02 Å². The second-order valence-electron chi connectivity index (χ2n) is 5.21. The summed E-state index contributed by atoms with van der Waals surface area (Å²) in [6.07, 6.45) is 3.86. The van der Waals surface area contributed by atoms with Gasteiger partial charge >= 0.3 is 0 Å². The van der Waals surface area contributed by atoms with E-state index >= 15 is 0 Å². The van der Waals surface area contributed by atoms with Gasteiger partial charge in [0.25, 0.3) is 0 Å². The maximum Gasteiger partial charge on any atom is 0.126 e. The molecule has 4 heteroatoms. The Morgan fingerprint density at radius 2 is 2.10 bits per heavy atom. The summed E-state index contributed by atoms with van der Waals surface area (Å²) in [5, 5.41) is 4.06. The molecule has 0 saturated carbocycles. The number of nitrogens with one attached hydrogen (secondary N) is 1. The maximum atomic E-state index is 13.8. The SMILES string of the molecule is CCCNC(CCC(C)OC)Cc1cc(Cl)ccc1F. The summed E-state index contributed by atoms with van der Waals surface area (Å²) < 4.78 is 19.1. The van der Waals surface area contributed by atoms with Crippen molar-refractivity contribution in [1.82, 2.24) is 5.32 Å². The molecular weight excluding hydrogens is 277 g/mol. The van der Waals surface area contributed by atoms with Crippen LogP contribution in [0.5, 0.6) is 0 Å². The Labute approximate surface area is 126 Å². The number of methoxy groups -OCH3 is 1. The van der Waals surface area contributed by atoms with Crippen LogP contribution in [0.3, 0.4) is 0 Å². The van der Waals surface area contributed by atoms with E-state index in [4.69, 9.17) is 16.3 Å². The van der Waals surface area contributed by atoms with Crippen LogP contribution < -0.4 is 5.32 Å². The minimum absolute atomic E-state index is 0.183. The topological polar surface area (TPSA) is 21.3 Å². The Balaban J connectivity index is 2.65. The van der Waals surface area contributed by atoms with Crippen LogP contribution in [0.4, 0.5) is 4.39 Å². The van der Waals surface area contributed by atoms with Crippen molar-refractivity contribution in [1.29, 1.82) is 0 Å². The Kier molecular flexibility index (Phi) is 8.12. The summed E-state index contributed by atoms with van der Waals surface area (Å²) in [6, 6.07) is 4.99. The van der Waals surface area contributed by atoms with Crippen LogP contribution in [0, 0.1) is 5.82 Å². The molecular formula is C16H25ClFNO. The van der Waals surface area contributed by atoms with Crippen molar-refractivity contribution in [3.05, 3.63) is 34.6 Å². The Bertz CT molecular complexity index is 400. The molecule has 1 N–H and O–H groups in total. The van der Waals surface area contributed by atoms with Gasteiger partial charge in [-0.2, -0.15) is 0 Å². The number of halogens is 2. The van der Waals surface area contributed by atoms with Crippen molar-refractivity contribution in [3.63, 3.8) is 0 Å². The lowest BCUT2D eigenvalue weighted by Crippen LogP contribution is -2.33. The van der Waals surface area contributed by atoms with Crippen LogP contribution in [0.15, 0.2) is 18.2 Å². The van der Waals surface area contributed by atoms with Gasteiger partial charge in [0.05, 0.1) is 6.10 Å². The van der Waals surface area contributed by atoms with Crippen molar-refractivity contribution in [2.45, 2.75) is 51.7 Å². The highest BCUT2D eigenvalue weighted by Crippen LogP contribution is 2.18. The van der Waals surface area contributed by atoms with E-state index < -0.39 is 0 Å². The van der Waals surface area contributed by atoms with Gasteiger partial charge in [-0.25, -0.2) is 4.39 Å². The van der Waals surface area contributed by atoms with E-state index in [9.17, 15) is 4.39 Å². The van der Waals surface area contributed by atoms with Gasteiger partial charge in [0.2, 0.25) is 0 Å². The molecule has 0 amide bonds. The molecule has 1 rings (SSSR count). The van der Waals surface area contributed by atoms with Crippen LogP contribution >= 0.6 is 11.6 Å². The fraction of sp³-hybridized carbons (Fsp3) is 0.625. The van der Waals surface area contributed by atoms with Crippen LogP contribution in [0.1, 0.15) is 38.7 Å². The molecule has 0 aliphatic carbocycles. The van der Waals surface area contributed by atoms with Gasteiger partial charge in [0, 0.05) is 18.2 Å². The van der Waals surface area contributed by atoms with E-state index in [2.05, 4.69) is 19.2 Å². The Hall–Kier alpha value is -0.640. The highest BCUT2D eigenvalue weighted by Gasteiger charge is 2.13. The summed E-state index contributed by atoms with van der Waals surface area (Å²) >= 11 is 5.95. The number of hydrogen-bond acceptors (Lipinski definition) is 2. The van der Waals surface area contributed by atoms with E-state index in [0.717, 1.165) is 25.8 Å². The zero-order chi connectivity index (χ0) is 15.0. The second-order valence-corrected chi connectivity index (χ2v) is 5.65. The highest BCUT2D eigenvalue weighted by atomic mass is 35.5. The third-order valence-electron chi connectivity index (χ3n) is 3.48. The molecule has 2 atom stereocenters. The summed E-state index contributed by atoms with van der Waals surface area (Å²) in [6.45, 7) is 5.12. The van der Waals surface area contributed by atoms with Crippen molar-refractivity contribution >= 4 is 11.6 Å². The van der Waals surface area contributed by atoms with Crippen LogP contribution in [-0.2, 0) is 11.2 Å². The number of rotatable bonds is 9. The van der Waals surface area contributed by atoms with Crippen molar-refractivity contribution in [3.8, 4) is 0 Å². The Morgan fingerprint density at radius 1 is 1.35 bits per heavy atom. The molecule has 0 aliphatic rings. The molecule has 20 heavy (non-hydrogen) atoms. The van der Waals surface area contributed by atoms with E-state index in [-0.39, 0.29) is 18.0 Å². The number of ether oxygens (including phenoxy) is 1. The lowest BCUT2D eigenvalue weighted by molar-refractivity contribution is 0.106. The lowest BCUT2D eigenvalue weighted by atomic mass is 9.99. The van der Waals surface area contributed by atoms with Gasteiger partial charge < -0.3 is 10.1 Å². The van der Waals surface area contributed by atoms with Gasteiger partial charge in [0.15, 0.2) is 0 Å². The van der Waals surface area contributed by atoms with Gasteiger partial charge in [-0.1, -0.05) is 18.5 Å². The fourth-order valence-corrected chi connectivity index (χ4v) is 2.34. The smallest absolute Gasteiger partial charge is 0.126 e. The summed E-state index contributed by atoms with van der Waals surface area (Å²) in [5.41, 5.74) is 0.677. The maximum absolute atomic E-state index is 13.8. The van der Waals surface area contributed by atoms with Crippen molar-refractivity contribution < 1.29 is 9.13 Å². The number of benzene rings is 1. The highest BCUT2D eigenvalue weighted by molar-refractivity contribution is 6.30. The lowest BCUT2D eigenvalue weighted by Gasteiger charge is -2.20. The first-order valence-corrected chi connectivity index (χ1v) is 7.64. The summed E-state index contributed by atoms with van der Waals surface area (Å²) in [5.74, 6) is -0.183. The Morgan fingerprint density at radius 3 is 2.75 bits per heavy atom. The molecule has 0 saturated heterocycles. The van der Waals surface area contributed by atoms with Gasteiger partial charge in [-0.3, -0.25) is 0 Å². The molecule has 1 aromatic carbocycles. The molecule has 0 spiro atoms. The van der Waals surface area contributed by atoms with E-state index in [1.54, 1.807) is 19.2 Å².